The first-order chi connectivity index (χ1) is 13.0. The molecule has 0 aliphatic heterocycles. The lowest BCUT2D eigenvalue weighted by molar-refractivity contribution is -0.121. The minimum Gasteiger partial charge on any atom is -0.491 e. The largest absolute Gasteiger partial charge is 0.491 e. The van der Waals surface area contributed by atoms with Crippen molar-refractivity contribution >= 4 is 35.4 Å². The minimum absolute atomic E-state index is 0.0608. The maximum absolute atomic E-state index is 11.9. The van der Waals surface area contributed by atoms with E-state index in [-0.39, 0.29) is 11.8 Å². The van der Waals surface area contributed by atoms with E-state index in [1.165, 1.54) is 13.3 Å². The highest BCUT2D eigenvalue weighted by molar-refractivity contribution is 6.29. The number of carbonyl (C=O) groups excluding carboxylic acids is 1. The fraction of sp³-hybridized carbons (Fsp3) is 0.333. The Morgan fingerprint density at radius 3 is 2.85 bits per heavy atom. The zero-order valence-electron chi connectivity index (χ0n) is 15.3. The molecule has 2 aromatic rings. The molecular weight excluding hydrogens is 370 g/mol. The summed E-state index contributed by atoms with van der Waals surface area (Å²) in [4.78, 5) is 24.2. The zero-order valence-corrected chi connectivity index (χ0v) is 16.1. The summed E-state index contributed by atoms with van der Waals surface area (Å²) in [5.41, 5.74) is 1.07. The first-order valence-corrected chi connectivity index (χ1v) is 8.74. The van der Waals surface area contributed by atoms with Gasteiger partial charge in [0.25, 0.3) is 0 Å². The number of aliphatic imine (C=N–C) groups is 1. The van der Waals surface area contributed by atoms with Crippen molar-refractivity contribution in [2.45, 2.75) is 19.8 Å². The summed E-state index contributed by atoms with van der Waals surface area (Å²) in [6, 6.07) is 0. The van der Waals surface area contributed by atoms with Gasteiger partial charge in [0.2, 0.25) is 11.2 Å². The van der Waals surface area contributed by atoms with Crippen LogP contribution in [0.4, 0.5) is 0 Å². The third-order valence-electron chi connectivity index (χ3n) is 4.13. The number of rotatable bonds is 7. The van der Waals surface area contributed by atoms with Crippen molar-refractivity contribution in [2.75, 3.05) is 7.11 Å². The number of methoxy groups -OCH3 is 1. The molecule has 0 atom stereocenters. The van der Waals surface area contributed by atoms with E-state index in [1.807, 2.05) is 0 Å². The molecule has 1 amide bonds. The fourth-order valence-corrected chi connectivity index (χ4v) is 2.66. The summed E-state index contributed by atoms with van der Waals surface area (Å²) in [6.45, 7) is 5.30. The Morgan fingerprint density at radius 1 is 1.52 bits per heavy atom. The summed E-state index contributed by atoms with van der Waals surface area (Å²) in [5.74, 6) is 1.59. The third-order valence-corrected chi connectivity index (χ3v) is 4.47. The minimum atomic E-state index is -0.0608. The van der Waals surface area contributed by atoms with Crippen molar-refractivity contribution in [3.05, 3.63) is 35.2 Å². The molecule has 1 aliphatic rings. The second kappa shape index (κ2) is 7.79. The standard InChI is InChI=1S/C18H20ClN5O3/c1-5-11(8-13(20-2)22-17(25)10-6-7-10)27-12-9-21-16-14(15(12)26-4)24(3)18(19)23-16/h5,8-10H,2,6-7H2,1,3-4H3,(H,22,25)/b11-5+,13-8+. The second-order valence-corrected chi connectivity index (χ2v) is 6.35. The molecule has 1 saturated carbocycles. The second-order valence-electron chi connectivity index (χ2n) is 6.01. The number of hydrogen-bond acceptors (Lipinski definition) is 6. The Kier molecular flexibility index (Phi) is 5.46. The average Bonchev–Trinajstić information content (AvgIpc) is 3.47. The van der Waals surface area contributed by atoms with Crippen molar-refractivity contribution < 1.29 is 14.3 Å². The summed E-state index contributed by atoms with van der Waals surface area (Å²) in [6.07, 6.45) is 6.63. The van der Waals surface area contributed by atoms with E-state index in [0.717, 1.165) is 12.8 Å². The van der Waals surface area contributed by atoms with E-state index in [2.05, 4.69) is 27.0 Å². The lowest BCUT2D eigenvalue weighted by atomic mass is 10.3. The van der Waals surface area contributed by atoms with Crippen LogP contribution in [0.1, 0.15) is 19.8 Å². The number of hydrogen-bond donors (Lipinski definition) is 1. The van der Waals surface area contributed by atoms with Gasteiger partial charge in [0, 0.05) is 19.0 Å². The number of fused-ring (bicyclic) bond motifs is 1. The maximum atomic E-state index is 11.9. The number of aromatic nitrogens is 3. The van der Waals surface area contributed by atoms with Gasteiger partial charge in [0.15, 0.2) is 17.1 Å². The van der Waals surface area contributed by atoms with Gasteiger partial charge in [-0.1, -0.05) is 0 Å². The monoisotopic (exact) mass is 389 g/mol. The van der Waals surface area contributed by atoms with E-state index in [0.29, 0.717) is 39.5 Å². The Morgan fingerprint density at radius 2 is 2.26 bits per heavy atom. The molecule has 1 N–H and O–H groups in total. The Bertz CT molecular complexity index is 960. The van der Waals surface area contributed by atoms with Crippen LogP contribution in [-0.2, 0) is 11.8 Å². The number of imidazole rings is 1. The van der Waals surface area contributed by atoms with Crippen LogP contribution < -0.4 is 14.8 Å². The normalized spacial score (nSPS) is 15.0. The van der Waals surface area contributed by atoms with Crippen molar-refractivity contribution in [3.8, 4) is 11.5 Å². The van der Waals surface area contributed by atoms with E-state index < -0.39 is 0 Å². The molecule has 0 bridgehead atoms. The average molecular weight is 390 g/mol. The van der Waals surface area contributed by atoms with Crippen LogP contribution in [-0.4, -0.2) is 34.3 Å². The Balaban J connectivity index is 1.89. The predicted octanol–water partition coefficient (Wildman–Crippen LogP) is 2.98. The number of aryl methyl sites for hydroxylation is 1. The molecule has 2 heterocycles. The number of pyridine rings is 1. The fourth-order valence-electron chi connectivity index (χ4n) is 2.50. The number of allylic oxidation sites excluding steroid dienone is 2. The van der Waals surface area contributed by atoms with Gasteiger partial charge in [-0.3, -0.25) is 4.79 Å². The van der Waals surface area contributed by atoms with Crippen molar-refractivity contribution in [2.24, 2.45) is 18.0 Å². The molecule has 0 saturated heterocycles. The Hall–Kier alpha value is -2.87. The van der Waals surface area contributed by atoms with Gasteiger partial charge in [0.05, 0.1) is 13.3 Å². The van der Waals surface area contributed by atoms with Gasteiger partial charge in [-0.25, -0.2) is 9.98 Å². The van der Waals surface area contributed by atoms with Crippen LogP contribution in [0, 0.1) is 5.92 Å². The van der Waals surface area contributed by atoms with Crippen molar-refractivity contribution in [1.29, 1.82) is 0 Å². The Labute approximate surface area is 161 Å². The van der Waals surface area contributed by atoms with Gasteiger partial charge in [-0.15, -0.1) is 0 Å². The van der Waals surface area contributed by atoms with Gasteiger partial charge in [0.1, 0.15) is 17.1 Å². The highest BCUT2D eigenvalue weighted by Crippen LogP contribution is 2.36. The lowest BCUT2D eigenvalue weighted by Gasteiger charge is -2.12. The number of carbonyl (C=O) groups is 1. The molecule has 0 spiro atoms. The first-order valence-electron chi connectivity index (χ1n) is 8.36. The summed E-state index contributed by atoms with van der Waals surface area (Å²) >= 11 is 6.07. The molecule has 8 nitrogen and oxygen atoms in total. The van der Waals surface area contributed by atoms with Crippen LogP contribution in [0.5, 0.6) is 11.5 Å². The number of halogens is 1. The molecule has 27 heavy (non-hydrogen) atoms. The summed E-state index contributed by atoms with van der Waals surface area (Å²) < 4.78 is 13.1. The molecule has 0 unspecified atom stereocenters. The highest BCUT2D eigenvalue weighted by atomic mass is 35.5. The smallest absolute Gasteiger partial charge is 0.228 e. The van der Waals surface area contributed by atoms with Gasteiger partial charge < -0.3 is 19.4 Å². The van der Waals surface area contributed by atoms with Crippen LogP contribution in [0.25, 0.3) is 11.2 Å². The topological polar surface area (TPSA) is 90.6 Å². The van der Waals surface area contributed by atoms with Crippen molar-refractivity contribution in [1.82, 2.24) is 19.9 Å². The zero-order chi connectivity index (χ0) is 19.6. The first kappa shape index (κ1) is 18.9. The van der Waals surface area contributed by atoms with E-state index in [9.17, 15) is 4.79 Å². The third kappa shape index (κ3) is 3.95. The van der Waals surface area contributed by atoms with Crippen molar-refractivity contribution in [3.63, 3.8) is 0 Å². The van der Waals surface area contributed by atoms with Crippen LogP contribution in [0.15, 0.2) is 34.9 Å². The molecule has 0 aromatic carbocycles. The molecule has 3 rings (SSSR count). The van der Waals surface area contributed by atoms with Gasteiger partial charge >= 0.3 is 0 Å². The number of nitrogens with one attached hydrogen (secondary N) is 1. The summed E-state index contributed by atoms with van der Waals surface area (Å²) in [7, 11) is 3.29. The van der Waals surface area contributed by atoms with E-state index in [4.69, 9.17) is 21.1 Å². The van der Waals surface area contributed by atoms with Gasteiger partial charge in [-0.05, 0) is 44.2 Å². The summed E-state index contributed by atoms with van der Waals surface area (Å²) in [5, 5.41) is 3.04. The van der Waals surface area contributed by atoms with Crippen LogP contribution >= 0.6 is 11.6 Å². The molecular formula is C18H20ClN5O3. The molecule has 1 aliphatic carbocycles. The molecule has 0 radical (unpaired) electrons. The molecule has 9 heteroatoms. The SMILES string of the molecule is C=N/C(=C\C(=C/C)Oc1cnc2nc(Cl)n(C)c2c1OC)NC(=O)C1CC1. The quantitative estimate of drug-likeness (QED) is 0.446. The lowest BCUT2D eigenvalue weighted by Crippen LogP contribution is -2.23. The molecule has 2 aromatic heterocycles. The number of ether oxygens (including phenoxy) is 2. The number of amides is 1. The molecule has 1 fully saturated rings. The maximum Gasteiger partial charge on any atom is 0.228 e. The van der Waals surface area contributed by atoms with Crippen LogP contribution in [0.2, 0.25) is 5.28 Å². The van der Waals surface area contributed by atoms with E-state index in [1.54, 1.807) is 30.7 Å². The van der Waals surface area contributed by atoms with Gasteiger partial charge in [-0.2, -0.15) is 4.98 Å². The molecule has 142 valence electrons. The number of nitrogens with zero attached hydrogens (tertiary/aromatic N) is 4. The predicted molar refractivity (Wildman–Crippen MR) is 103 cm³/mol. The highest BCUT2D eigenvalue weighted by Gasteiger charge is 2.30. The van der Waals surface area contributed by atoms with Crippen LogP contribution in [0.3, 0.4) is 0 Å². The van der Waals surface area contributed by atoms with E-state index >= 15 is 0 Å².